The Morgan fingerprint density at radius 1 is 0.947 bits per heavy atom. The summed E-state index contributed by atoms with van der Waals surface area (Å²) in [5.41, 5.74) is 3.93. The van der Waals surface area contributed by atoms with Gasteiger partial charge in [0.15, 0.2) is 0 Å². The Kier molecular flexibility index (Phi) is 4.31. The third kappa shape index (κ3) is 3.40. The molecular weight excluding hydrogens is 234 g/mol. The van der Waals surface area contributed by atoms with Crippen LogP contribution in [0.2, 0.25) is 0 Å². The molecule has 0 spiro atoms. The molecular formula is C17H23NO. The standard InChI is InChI=1S/C17H23NO/c1-13(2)16-7-9-17(10-8-16)19-12-11-18-14(3)5-6-15(18)4/h5-10,13H,11-12H2,1-4H3. The maximum atomic E-state index is 5.80. The predicted molar refractivity (Wildman–Crippen MR) is 79.9 cm³/mol. The van der Waals surface area contributed by atoms with Crippen LogP contribution in [0.4, 0.5) is 0 Å². The van der Waals surface area contributed by atoms with Gasteiger partial charge in [-0.1, -0.05) is 26.0 Å². The number of rotatable bonds is 5. The van der Waals surface area contributed by atoms with Crippen molar-refractivity contribution in [3.05, 3.63) is 53.3 Å². The van der Waals surface area contributed by atoms with E-state index in [1.54, 1.807) is 0 Å². The molecule has 0 aliphatic heterocycles. The average Bonchev–Trinajstić information content (AvgIpc) is 2.71. The van der Waals surface area contributed by atoms with Gasteiger partial charge < -0.3 is 9.30 Å². The van der Waals surface area contributed by atoms with Crippen LogP contribution in [0.15, 0.2) is 36.4 Å². The fourth-order valence-corrected chi connectivity index (χ4v) is 2.26. The maximum absolute atomic E-state index is 5.80. The van der Waals surface area contributed by atoms with E-state index in [0.717, 1.165) is 12.3 Å². The highest BCUT2D eigenvalue weighted by atomic mass is 16.5. The molecule has 1 heterocycles. The second-order valence-electron chi connectivity index (χ2n) is 5.34. The quantitative estimate of drug-likeness (QED) is 0.778. The lowest BCUT2D eigenvalue weighted by atomic mass is 10.0. The predicted octanol–water partition coefficient (Wildman–Crippen LogP) is 4.31. The molecule has 19 heavy (non-hydrogen) atoms. The van der Waals surface area contributed by atoms with Crippen LogP contribution in [-0.2, 0) is 6.54 Å². The number of benzene rings is 1. The van der Waals surface area contributed by atoms with E-state index in [0.29, 0.717) is 12.5 Å². The second kappa shape index (κ2) is 5.96. The zero-order valence-electron chi connectivity index (χ0n) is 12.3. The van der Waals surface area contributed by atoms with Gasteiger partial charge in [0.1, 0.15) is 12.4 Å². The highest BCUT2D eigenvalue weighted by Crippen LogP contribution is 2.18. The van der Waals surface area contributed by atoms with E-state index in [1.807, 2.05) is 0 Å². The van der Waals surface area contributed by atoms with E-state index in [1.165, 1.54) is 17.0 Å². The van der Waals surface area contributed by atoms with Crippen molar-refractivity contribution in [3.8, 4) is 5.75 Å². The average molecular weight is 257 g/mol. The topological polar surface area (TPSA) is 14.2 Å². The molecule has 0 aliphatic rings. The Bertz CT molecular complexity index is 503. The smallest absolute Gasteiger partial charge is 0.119 e. The lowest BCUT2D eigenvalue weighted by Crippen LogP contribution is -2.10. The number of ether oxygens (including phenoxy) is 1. The Morgan fingerprint density at radius 3 is 2.05 bits per heavy atom. The molecule has 1 aromatic heterocycles. The molecule has 0 unspecified atom stereocenters. The van der Waals surface area contributed by atoms with Crippen LogP contribution in [-0.4, -0.2) is 11.2 Å². The van der Waals surface area contributed by atoms with Gasteiger partial charge in [-0.2, -0.15) is 0 Å². The van der Waals surface area contributed by atoms with Gasteiger partial charge in [-0.15, -0.1) is 0 Å². The summed E-state index contributed by atoms with van der Waals surface area (Å²) in [6, 6.07) is 12.7. The molecule has 2 nitrogen and oxygen atoms in total. The summed E-state index contributed by atoms with van der Waals surface area (Å²) in [5.74, 6) is 1.52. The SMILES string of the molecule is Cc1ccc(C)n1CCOc1ccc(C(C)C)cc1. The van der Waals surface area contributed by atoms with Crippen LogP contribution in [0.1, 0.15) is 36.7 Å². The second-order valence-corrected chi connectivity index (χ2v) is 5.34. The van der Waals surface area contributed by atoms with E-state index in [-0.39, 0.29) is 0 Å². The Labute approximate surface area is 116 Å². The van der Waals surface area contributed by atoms with Gasteiger partial charge in [-0.3, -0.25) is 0 Å². The van der Waals surface area contributed by atoms with Gasteiger partial charge in [-0.05, 0) is 49.6 Å². The highest BCUT2D eigenvalue weighted by molar-refractivity contribution is 5.28. The first-order valence-corrected chi connectivity index (χ1v) is 6.93. The Hall–Kier alpha value is -1.70. The van der Waals surface area contributed by atoms with Gasteiger partial charge in [0, 0.05) is 11.4 Å². The van der Waals surface area contributed by atoms with Crippen molar-refractivity contribution in [2.45, 2.75) is 40.2 Å². The molecule has 2 heteroatoms. The molecule has 0 bridgehead atoms. The lowest BCUT2D eigenvalue weighted by molar-refractivity contribution is 0.296. The summed E-state index contributed by atoms with van der Waals surface area (Å²) >= 11 is 0. The van der Waals surface area contributed by atoms with E-state index >= 15 is 0 Å². The van der Waals surface area contributed by atoms with Gasteiger partial charge in [0.25, 0.3) is 0 Å². The molecule has 2 rings (SSSR count). The van der Waals surface area contributed by atoms with Crippen molar-refractivity contribution in [1.82, 2.24) is 4.57 Å². The first-order valence-electron chi connectivity index (χ1n) is 6.93. The Balaban J connectivity index is 1.89. The number of aryl methyl sites for hydroxylation is 2. The van der Waals surface area contributed by atoms with Crippen LogP contribution in [0.3, 0.4) is 0 Å². The molecule has 1 aromatic carbocycles. The highest BCUT2D eigenvalue weighted by Gasteiger charge is 2.02. The molecule has 2 aromatic rings. The minimum absolute atomic E-state index is 0.569. The van der Waals surface area contributed by atoms with Crippen LogP contribution in [0, 0.1) is 13.8 Å². The molecule has 0 aliphatic carbocycles. The van der Waals surface area contributed by atoms with Crippen molar-refractivity contribution in [1.29, 1.82) is 0 Å². The lowest BCUT2D eigenvalue weighted by Gasteiger charge is -2.12. The summed E-state index contributed by atoms with van der Waals surface area (Å²) < 4.78 is 8.08. The monoisotopic (exact) mass is 257 g/mol. The molecule has 0 saturated heterocycles. The fourth-order valence-electron chi connectivity index (χ4n) is 2.26. The van der Waals surface area contributed by atoms with Gasteiger partial charge in [-0.25, -0.2) is 0 Å². The molecule has 0 saturated carbocycles. The maximum Gasteiger partial charge on any atom is 0.119 e. The van der Waals surface area contributed by atoms with Crippen molar-refractivity contribution in [2.75, 3.05) is 6.61 Å². The number of aromatic nitrogens is 1. The minimum atomic E-state index is 0.569. The molecule has 0 atom stereocenters. The van der Waals surface area contributed by atoms with Crippen LogP contribution in [0.25, 0.3) is 0 Å². The third-order valence-corrected chi connectivity index (χ3v) is 3.55. The summed E-state index contributed by atoms with van der Waals surface area (Å²) in [4.78, 5) is 0. The summed E-state index contributed by atoms with van der Waals surface area (Å²) in [5, 5.41) is 0. The molecule has 0 amide bonds. The largest absolute Gasteiger partial charge is 0.492 e. The summed E-state index contributed by atoms with van der Waals surface area (Å²) in [6.07, 6.45) is 0. The minimum Gasteiger partial charge on any atom is -0.492 e. The van der Waals surface area contributed by atoms with Crippen LogP contribution >= 0.6 is 0 Å². The number of hydrogen-bond acceptors (Lipinski definition) is 1. The van der Waals surface area contributed by atoms with Gasteiger partial charge in [0.05, 0.1) is 6.54 Å². The summed E-state index contributed by atoms with van der Waals surface area (Å²) in [6.45, 7) is 10.3. The summed E-state index contributed by atoms with van der Waals surface area (Å²) in [7, 11) is 0. The number of nitrogens with zero attached hydrogens (tertiary/aromatic N) is 1. The van der Waals surface area contributed by atoms with Crippen molar-refractivity contribution < 1.29 is 4.74 Å². The van der Waals surface area contributed by atoms with Crippen molar-refractivity contribution in [3.63, 3.8) is 0 Å². The van der Waals surface area contributed by atoms with E-state index < -0.39 is 0 Å². The molecule has 0 N–H and O–H groups in total. The Morgan fingerprint density at radius 2 is 1.53 bits per heavy atom. The zero-order valence-corrected chi connectivity index (χ0v) is 12.3. The van der Waals surface area contributed by atoms with Gasteiger partial charge >= 0.3 is 0 Å². The first-order chi connectivity index (χ1) is 9.08. The van der Waals surface area contributed by atoms with Crippen LogP contribution < -0.4 is 4.74 Å². The first kappa shape index (κ1) is 13.7. The fraction of sp³-hybridized carbons (Fsp3) is 0.412. The van der Waals surface area contributed by atoms with Gasteiger partial charge in [0.2, 0.25) is 0 Å². The van der Waals surface area contributed by atoms with E-state index in [4.69, 9.17) is 4.74 Å². The molecule has 0 radical (unpaired) electrons. The molecule has 0 fully saturated rings. The molecule has 102 valence electrons. The van der Waals surface area contributed by atoms with E-state index in [2.05, 4.69) is 68.7 Å². The van der Waals surface area contributed by atoms with Crippen LogP contribution in [0.5, 0.6) is 5.75 Å². The van der Waals surface area contributed by atoms with Crippen molar-refractivity contribution in [2.24, 2.45) is 0 Å². The van der Waals surface area contributed by atoms with Crippen molar-refractivity contribution >= 4 is 0 Å². The normalized spacial score (nSPS) is 11.0. The third-order valence-electron chi connectivity index (χ3n) is 3.55. The zero-order chi connectivity index (χ0) is 13.8. The number of hydrogen-bond donors (Lipinski definition) is 0. The van der Waals surface area contributed by atoms with E-state index in [9.17, 15) is 0 Å².